The molecule has 0 spiro atoms. The number of carbonyl (C=O) groups is 1. The molecule has 3 nitrogen and oxygen atoms in total. The molecular formula is C21H15ClFNO2. The van der Waals surface area contributed by atoms with Gasteiger partial charge < -0.3 is 5.11 Å². The normalized spacial score (nSPS) is 13.6. The highest BCUT2D eigenvalue weighted by Gasteiger charge is 2.25. The number of carboxylic acids is 1. The molecule has 0 radical (unpaired) electrons. The van der Waals surface area contributed by atoms with Gasteiger partial charge in [-0.25, -0.2) is 9.18 Å². The summed E-state index contributed by atoms with van der Waals surface area (Å²) in [5.41, 5.74) is 2.36. The number of hydrogen-bond donors (Lipinski definition) is 1. The number of pyridine rings is 1. The van der Waals surface area contributed by atoms with Crippen LogP contribution in [0.4, 0.5) is 4.39 Å². The third-order valence-corrected chi connectivity index (χ3v) is 4.85. The van der Waals surface area contributed by atoms with E-state index in [-0.39, 0.29) is 11.1 Å². The number of rotatable bonds is 4. The van der Waals surface area contributed by atoms with E-state index in [0.717, 1.165) is 18.5 Å². The number of nitrogens with zero attached hydrogens (tertiary/aromatic N) is 1. The van der Waals surface area contributed by atoms with Crippen LogP contribution in [-0.4, -0.2) is 16.1 Å². The first-order chi connectivity index (χ1) is 12.5. The van der Waals surface area contributed by atoms with Crippen LogP contribution < -0.4 is 0 Å². The fourth-order valence-corrected chi connectivity index (χ4v) is 3.19. The Morgan fingerprint density at radius 1 is 1.04 bits per heavy atom. The molecule has 26 heavy (non-hydrogen) atoms. The Morgan fingerprint density at radius 3 is 2.31 bits per heavy atom. The van der Waals surface area contributed by atoms with Gasteiger partial charge in [0, 0.05) is 39.5 Å². The molecule has 1 aromatic heterocycles. The summed E-state index contributed by atoms with van der Waals surface area (Å²) in [6.07, 6.45) is 3.80. The summed E-state index contributed by atoms with van der Waals surface area (Å²) in [6.45, 7) is 0. The van der Waals surface area contributed by atoms with E-state index in [2.05, 4.69) is 4.98 Å². The van der Waals surface area contributed by atoms with Gasteiger partial charge in [0.1, 0.15) is 5.82 Å². The average Bonchev–Trinajstić information content (AvgIpc) is 3.48. The lowest BCUT2D eigenvalue weighted by Crippen LogP contribution is -2.03. The molecule has 5 heteroatoms. The van der Waals surface area contributed by atoms with Gasteiger partial charge in [-0.3, -0.25) is 4.98 Å². The molecule has 1 aliphatic rings. The van der Waals surface area contributed by atoms with Crippen LogP contribution in [0.3, 0.4) is 0 Å². The summed E-state index contributed by atoms with van der Waals surface area (Å²) in [7, 11) is 0. The number of carboxylic acid groups (broad SMARTS) is 1. The quantitative estimate of drug-likeness (QED) is 0.635. The standard InChI is InChI=1S/C21H15ClFNO2/c22-15-6-3-12(4-7-15)16-8-9-17(21(25)26)19(20(16)23)14-5-10-18(24-11-14)13-1-2-13/h3-11,13H,1-2H2,(H,25,26). The summed E-state index contributed by atoms with van der Waals surface area (Å²) < 4.78 is 15.3. The predicted octanol–water partition coefficient (Wildman–Crippen LogP) is 5.78. The fourth-order valence-electron chi connectivity index (χ4n) is 3.06. The van der Waals surface area contributed by atoms with Crippen molar-refractivity contribution in [3.05, 3.63) is 76.8 Å². The molecule has 3 aromatic rings. The molecule has 0 atom stereocenters. The molecule has 0 aliphatic heterocycles. The average molecular weight is 368 g/mol. The van der Waals surface area contributed by atoms with Crippen molar-refractivity contribution in [2.24, 2.45) is 0 Å². The Balaban J connectivity index is 1.86. The van der Waals surface area contributed by atoms with Crippen LogP contribution in [0.1, 0.15) is 34.8 Å². The summed E-state index contributed by atoms with van der Waals surface area (Å²) in [4.78, 5) is 16.0. The molecule has 130 valence electrons. The fraction of sp³-hybridized carbons (Fsp3) is 0.143. The van der Waals surface area contributed by atoms with Crippen molar-refractivity contribution in [2.75, 3.05) is 0 Å². The molecular weight excluding hydrogens is 353 g/mol. The van der Waals surface area contributed by atoms with Crippen LogP contribution in [0.15, 0.2) is 54.7 Å². The minimum Gasteiger partial charge on any atom is -0.478 e. The first-order valence-electron chi connectivity index (χ1n) is 8.32. The zero-order valence-corrected chi connectivity index (χ0v) is 14.5. The lowest BCUT2D eigenvalue weighted by atomic mass is 9.94. The van der Waals surface area contributed by atoms with E-state index < -0.39 is 11.8 Å². The molecule has 1 heterocycles. The molecule has 0 amide bonds. The number of halogens is 2. The molecule has 1 saturated carbocycles. The zero-order valence-electron chi connectivity index (χ0n) is 13.7. The smallest absolute Gasteiger partial charge is 0.336 e. The van der Waals surface area contributed by atoms with Crippen molar-refractivity contribution in [1.82, 2.24) is 4.98 Å². The molecule has 1 fully saturated rings. The van der Waals surface area contributed by atoms with Crippen molar-refractivity contribution in [3.8, 4) is 22.3 Å². The van der Waals surface area contributed by atoms with Crippen LogP contribution in [0.5, 0.6) is 0 Å². The van der Waals surface area contributed by atoms with Crippen molar-refractivity contribution in [1.29, 1.82) is 0 Å². The maximum atomic E-state index is 15.3. The summed E-state index contributed by atoms with van der Waals surface area (Å²) in [5.74, 6) is -1.27. The lowest BCUT2D eigenvalue weighted by Gasteiger charge is -2.13. The Labute approximate surface area is 155 Å². The molecule has 0 saturated heterocycles. The van der Waals surface area contributed by atoms with Crippen molar-refractivity contribution < 1.29 is 14.3 Å². The van der Waals surface area contributed by atoms with Gasteiger partial charge in [-0.05, 0) is 42.7 Å². The topological polar surface area (TPSA) is 50.2 Å². The molecule has 1 N–H and O–H groups in total. The molecule has 1 aliphatic carbocycles. The van der Waals surface area contributed by atoms with Crippen LogP contribution in [0, 0.1) is 5.82 Å². The maximum Gasteiger partial charge on any atom is 0.336 e. The molecule has 0 unspecified atom stereocenters. The molecule has 2 aromatic carbocycles. The van der Waals surface area contributed by atoms with Crippen LogP contribution in [0.2, 0.25) is 5.02 Å². The second-order valence-electron chi connectivity index (χ2n) is 6.41. The van der Waals surface area contributed by atoms with Crippen molar-refractivity contribution >= 4 is 17.6 Å². The number of hydrogen-bond acceptors (Lipinski definition) is 2. The molecule has 4 rings (SSSR count). The minimum atomic E-state index is -1.17. The van der Waals surface area contributed by atoms with Crippen molar-refractivity contribution in [2.45, 2.75) is 18.8 Å². The van der Waals surface area contributed by atoms with Gasteiger partial charge >= 0.3 is 5.97 Å². The Kier molecular flexibility index (Phi) is 4.21. The Bertz CT molecular complexity index is 980. The van der Waals surface area contributed by atoms with E-state index in [0.29, 0.717) is 27.6 Å². The second kappa shape index (κ2) is 6.54. The predicted molar refractivity (Wildman–Crippen MR) is 99.0 cm³/mol. The lowest BCUT2D eigenvalue weighted by molar-refractivity contribution is 0.0697. The maximum absolute atomic E-state index is 15.3. The SMILES string of the molecule is O=C(O)c1ccc(-c2ccc(Cl)cc2)c(F)c1-c1ccc(C2CC2)nc1. The Hall–Kier alpha value is -2.72. The first kappa shape index (κ1) is 16.7. The zero-order chi connectivity index (χ0) is 18.3. The highest BCUT2D eigenvalue weighted by atomic mass is 35.5. The van der Waals surface area contributed by atoms with E-state index in [1.165, 1.54) is 12.1 Å². The Morgan fingerprint density at radius 2 is 1.73 bits per heavy atom. The number of aromatic nitrogens is 1. The van der Waals surface area contributed by atoms with Gasteiger partial charge in [-0.1, -0.05) is 35.9 Å². The van der Waals surface area contributed by atoms with Gasteiger partial charge in [0.15, 0.2) is 0 Å². The number of benzene rings is 2. The van der Waals surface area contributed by atoms with Gasteiger partial charge in [-0.15, -0.1) is 0 Å². The van der Waals surface area contributed by atoms with Gasteiger partial charge in [0.2, 0.25) is 0 Å². The first-order valence-corrected chi connectivity index (χ1v) is 8.70. The third-order valence-electron chi connectivity index (χ3n) is 4.60. The van der Waals surface area contributed by atoms with Crippen LogP contribution >= 0.6 is 11.6 Å². The highest BCUT2D eigenvalue weighted by molar-refractivity contribution is 6.30. The van der Waals surface area contributed by atoms with Gasteiger partial charge in [0.05, 0.1) is 5.56 Å². The van der Waals surface area contributed by atoms with Gasteiger partial charge in [0.25, 0.3) is 0 Å². The van der Waals surface area contributed by atoms with Gasteiger partial charge in [-0.2, -0.15) is 0 Å². The summed E-state index contributed by atoms with van der Waals surface area (Å²) in [6, 6.07) is 13.3. The van der Waals surface area contributed by atoms with Crippen LogP contribution in [0.25, 0.3) is 22.3 Å². The van der Waals surface area contributed by atoms with E-state index in [4.69, 9.17) is 11.6 Å². The van der Waals surface area contributed by atoms with E-state index in [9.17, 15) is 9.90 Å². The van der Waals surface area contributed by atoms with E-state index in [1.807, 2.05) is 6.07 Å². The van der Waals surface area contributed by atoms with Crippen LogP contribution in [-0.2, 0) is 0 Å². The van der Waals surface area contributed by atoms with E-state index >= 15 is 4.39 Å². The number of aromatic carboxylic acids is 1. The third kappa shape index (κ3) is 3.08. The summed E-state index contributed by atoms with van der Waals surface area (Å²) in [5, 5.41) is 10.0. The molecule has 0 bridgehead atoms. The largest absolute Gasteiger partial charge is 0.478 e. The summed E-state index contributed by atoms with van der Waals surface area (Å²) >= 11 is 5.90. The van der Waals surface area contributed by atoms with E-state index in [1.54, 1.807) is 36.5 Å². The van der Waals surface area contributed by atoms with Crippen molar-refractivity contribution in [3.63, 3.8) is 0 Å². The monoisotopic (exact) mass is 367 g/mol. The minimum absolute atomic E-state index is 0.0554. The highest BCUT2D eigenvalue weighted by Crippen LogP contribution is 2.40. The second-order valence-corrected chi connectivity index (χ2v) is 6.84.